The van der Waals surface area contributed by atoms with Crippen LogP contribution in [0.1, 0.15) is 6.92 Å². The summed E-state index contributed by atoms with van der Waals surface area (Å²) in [6.45, 7) is 5.47. The van der Waals surface area contributed by atoms with E-state index < -0.39 is 0 Å². The Hall–Kier alpha value is -0.320. The van der Waals surface area contributed by atoms with Gasteiger partial charge >= 0.3 is 0 Å². The molecule has 2 nitrogen and oxygen atoms in total. The number of halogens is 1. The molecule has 0 bridgehead atoms. The summed E-state index contributed by atoms with van der Waals surface area (Å²) in [6, 6.07) is 0. The van der Waals surface area contributed by atoms with Crippen LogP contribution in [0.5, 0.6) is 0 Å². The van der Waals surface area contributed by atoms with Crippen molar-refractivity contribution in [1.82, 2.24) is 0 Å². The number of hydrogen-bond acceptors (Lipinski definition) is 2. The first-order chi connectivity index (χ1) is 4.22. The van der Waals surface area contributed by atoms with Crippen molar-refractivity contribution in [2.24, 2.45) is 10.9 Å². The van der Waals surface area contributed by atoms with E-state index in [0.29, 0.717) is 0 Å². The van der Waals surface area contributed by atoms with Crippen LogP contribution in [0.2, 0.25) is 0 Å². The molecule has 0 aliphatic rings. The van der Waals surface area contributed by atoms with Crippen LogP contribution >= 0.6 is 22.6 Å². The molecule has 0 saturated heterocycles. The van der Waals surface area contributed by atoms with Gasteiger partial charge in [-0.1, -0.05) is 18.7 Å². The fraction of sp³-hybridized carbons (Fsp3) is 0.167. The van der Waals surface area contributed by atoms with Gasteiger partial charge in [0.2, 0.25) is 0 Å². The number of rotatable bonds is 2. The van der Waals surface area contributed by atoms with Crippen molar-refractivity contribution < 1.29 is 0 Å². The fourth-order valence-electron chi connectivity index (χ4n) is 0.347. The monoisotopic (exact) mass is 236 g/mol. The summed E-state index contributed by atoms with van der Waals surface area (Å²) in [4.78, 5) is 0. The lowest BCUT2D eigenvalue weighted by Crippen LogP contribution is -1.92. The number of nitrogens with zero attached hydrogens (tertiary/aromatic N) is 1. The molecule has 0 aromatic rings. The fourth-order valence-corrected chi connectivity index (χ4v) is 0.527. The first-order valence-corrected chi connectivity index (χ1v) is 3.53. The third kappa shape index (κ3) is 3.29. The Morgan fingerprint density at radius 3 is 2.67 bits per heavy atom. The SMILES string of the molecule is C=C/C=C(C)\C(I)=N/N. The lowest BCUT2D eigenvalue weighted by atomic mass is 10.3. The van der Waals surface area contributed by atoms with Crippen molar-refractivity contribution in [3.8, 4) is 0 Å². The molecule has 0 aromatic carbocycles. The molecule has 0 saturated carbocycles. The third-order valence-corrected chi connectivity index (χ3v) is 1.94. The van der Waals surface area contributed by atoms with Crippen molar-refractivity contribution in [3.05, 3.63) is 24.3 Å². The molecule has 50 valence electrons. The standard InChI is InChI=1S/C6H9IN2/c1-3-4-5(2)6(7)9-8/h3-4H,1,8H2,2H3/b5-4-,9-6+. The van der Waals surface area contributed by atoms with Crippen LogP contribution in [-0.4, -0.2) is 3.72 Å². The van der Waals surface area contributed by atoms with Gasteiger partial charge in [-0.05, 0) is 35.1 Å². The van der Waals surface area contributed by atoms with E-state index in [4.69, 9.17) is 5.84 Å². The largest absolute Gasteiger partial charge is 0.322 e. The minimum Gasteiger partial charge on any atom is -0.322 e. The molecule has 0 rings (SSSR count). The Kier molecular flexibility index (Phi) is 4.39. The molecule has 0 aliphatic carbocycles. The van der Waals surface area contributed by atoms with Gasteiger partial charge in [-0.3, -0.25) is 0 Å². The normalized spacial score (nSPS) is 13.6. The van der Waals surface area contributed by atoms with Crippen LogP contribution in [0.25, 0.3) is 0 Å². The van der Waals surface area contributed by atoms with Gasteiger partial charge in [0, 0.05) is 0 Å². The predicted octanol–water partition coefficient (Wildman–Crippen LogP) is 1.83. The first-order valence-electron chi connectivity index (χ1n) is 2.45. The highest BCUT2D eigenvalue weighted by atomic mass is 127. The van der Waals surface area contributed by atoms with Crippen LogP contribution in [-0.2, 0) is 0 Å². The summed E-state index contributed by atoms with van der Waals surface area (Å²) in [5.74, 6) is 5.01. The summed E-state index contributed by atoms with van der Waals surface area (Å²) in [6.07, 6.45) is 3.57. The summed E-state index contributed by atoms with van der Waals surface area (Å²) < 4.78 is 0.812. The number of hydrazone groups is 1. The van der Waals surface area contributed by atoms with E-state index in [0.717, 1.165) is 9.29 Å². The van der Waals surface area contributed by atoms with Gasteiger partial charge in [0.25, 0.3) is 0 Å². The van der Waals surface area contributed by atoms with Gasteiger partial charge in [0.05, 0.1) is 0 Å². The van der Waals surface area contributed by atoms with E-state index in [1.54, 1.807) is 6.08 Å². The molecular weight excluding hydrogens is 227 g/mol. The van der Waals surface area contributed by atoms with Crippen molar-refractivity contribution >= 4 is 26.3 Å². The Bertz CT molecular complexity index is 158. The van der Waals surface area contributed by atoms with Crippen LogP contribution in [0.3, 0.4) is 0 Å². The van der Waals surface area contributed by atoms with Crippen molar-refractivity contribution in [2.75, 3.05) is 0 Å². The Balaban J connectivity index is 4.19. The van der Waals surface area contributed by atoms with E-state index in [9.17, 15) is 0 Å². The maximum Gasteiger partial charge on any atom is 0.123 e. The zero-order chi connectivity index (χ0) is 7.28. The van der Waals surface area contributed by atoms with Gasteiger partial charge in [-0.2, -0.15) is 5.10 Å². The lowest BCUT2D eigenvalue weighted by molar-refractivity contribution is 1.26. The van der Waals surface area contributed by atoms with E-state index in [-0.39, 0.29) is 0 Å². The van der Waals surface area contributed by atoms with E-state index in [2.05, 4.69) is 34.3 Å². The molecule has 0 atom stereocenters. The molecule has 0 aromatic heterocycles. The maximum atomic E-state index is 5.01. The van der Waals surface area contributed by atoms with Crippen LogP contribution in [0, 0.1) is 0 Å². The minimum atomic E-state index is 0.812. The minimum absolute atomic E-state index is 0.812. The van der Waals surface area contributed by atoms with Gasteiger partial charge in [-0.25, -0.2) is 0 Å². The number of nitrogens with two attached hydrogens (primary N) is 1. The third-order valence-electron chi connectivity index (χ3n) is 0.807. The zero-order valence-electron chi connectivity index (χ0n) is 5.26. The van der Waals surface area contributed by atoms with Gasteiger partial charge in [-0.15, -0.1) is 0 Å². The van der Waals surface area contributed by atoms with Crippen LogP contribution < -0.4 is 5.84 Å². The van der Waals surface area contributed by atoms with Crippen molar-refractivity contribution in [3.63, 3.8) is 0 Å². The molecular formula is C6H9IN2. The summed E-state index contributed by atoms with van der Waals surface area (Å²) in [5.41, 5.74) is 1.04. The molecule has 3 heteroatoms. The van der Waals surface area contributed by atoms with Crippen molar-refractivity contribution in [2.45, 2.75) is 6.92 Å². The maximum absolute atomic E-state index is 5.01. The molecule has 0 amide bonds. The Morgan fingerprint density at radius 1 is 1.78 bits per heavy atom. The van der Waals surface area contributed by atoms with Gasteiger partial charge in [0.1, 0.15) is 3.72 Å². The van der Waals surface area contributed by atoms with E-state index in [1.165, 1.54) is 0 Å². The predicted molar refractivity (Wildman–Crippen MR) is 49.6 cm³/mol. The molecule has 0 radical (unpaired) electrons. The molecule has 0 unspecified atom stereocenters. The highest BCUT2D eigenvalue weighted by molar-refractivity contribution is 14.1. The molecule has 0 heterocycles. The molecule has 0 spiro atoms. The second-order valence-electron chi connectivity index (χ2n) is 1.51. The smallest absolute Gasteiger partial charge is 0.123 e. The molecule has 0 aliphatic heterocycles. The topological polar surface area (TPSA) is 38.4 Å². The summed E-state index contributed by atoms with van der Waals surface area (Å²) in [7, 11) is 0. The molecule has 0 fully saturated rings. The number of hydrogen-bond donors (Lipinski definition) is 1. The zero-order valence-corrected chi connectivity index (χ0v) is 7.42. The van der Waals surface area contributed by atoms with Gasteiger partial charge < -0.3 is 5.84 Å². The summed E-state index contributed by atoms with van der Waals surface area (Å²) >= 11 is 2.06. The highest BCUT2D eigenvalue weighted by Gasteiger charge is 1.91. The second-order valence-corrected chi connectivity index (χ2v) is 2.53. The molecule has 9 heavy (non-hydrogen) atoms. The average Bonchev–Trinajstić information content (AvgIpc) is 1.87. The van der Waals surface area contributed by atoms with Crippen LogP contribution in [0.4, 0.5) is 0 Å². The number of allylic oxidation sites excluding steroid dienone is 3. The Morgan fingerprint density at radius 2 is 2.33 bits per heavy atom. The quantitative estimate of drug-likeness (QED) is 0.256. The lowest BCUT2D eigenvalue weighted by Gasteiger charge is -1.91. The molecule has 2 N–H and O–H groups in total. The van der Waals surface area contributed by atoms with E-state index >= 15 is 0 Å². The van der Waals surface area contributed by atoms with Crippen molar-refractivity contribution in [1.29, 1.82) is 0 Å². The van der Waals surface area contributed by atoms with Gasteiger partial charge in [0.15, 0.2) is 0 Å². The summed E-state index contributed by atoms with van der Waals surface area (Å²) in [5, 5.41) is 3.49. The Labute approximate surface area is 68.7 Å². The average molecular weight is 236 g/mol. The first kappa shape index (κ1) is 8.68. The highest BCUT2D eigenvalue weighted by Crippen LogP contribution is 2.02. The van der Waals surface area contributed by atoms with E-state index in [1.807, 2.05) is 13.0 Å². The van der Waals surface area contributed by atoms with Crippen LogP contribution in [0.15, 0.2) is 29.4 Å². The second kappa shape index (κ2) is 4.55.